The Morgan fingerprint density at radius 1 is 1.24 bits per heavy atom. The van der Waals surface area contributed by atoms with Crippen molar-refractivity contribution in [3.8, 4) is 0 Å². The summed E-state index contributed by atoms with van der Waals surface area (Å²) in [6.45, 7) is 4.05. The molecule has 2 atom stereocenters. The van der Waals surface area contributed by atoms with E-state index in [9.17, 15) is 8.42 Å². The van der Waals surface area contributed by atoms with Gasteiger partial charge in [-0.3, -0.25) is 0 Å². The Balaban J connectivity index is 2.23. The highest BCUT2D eigenvalue weighted by Crippen LogP contribution is 2.22. The van der Waals surface area contributed by atoms with Gasteiger partial charge in [0, 0.05) is 12.1 Å². The van der Waals surface area contributed by atoms with Gasteiger partial charge in [-0.05, 0) is 18.9 Å². The Kier molecular flexibility index (Phi) is 3.54. The molecule has 2 unspecified atom stereocenters. The molecule has 1 aromatic carbocycles. The minimum Gasteiger partial charge on any atom is -0.305 e. The lowest BCUT2D eigenvalue weighted by molar-refractivity contribution is 0.440. The molecule has 1 aliphatic rings. The van der Waals surface area contributed by atoms with Gasteiger partial charge in [0.1, 0.15) is 0 Å². The van der Waals surface area contributed by atoms with Gasteiger partial charge in [-0.15, -0.1) is 0 Å². The highest BCUT2D eigenvalue weighted by molar-refractivity contribution is 7.91. The Hall–Kier alpha value is -0.870. The molecule has 2 rings (SSSR count). The summed E-state index contributed by atoms with van der Waals surface area (Å²) in [5.74, 6) is 0.485. The molecule has 0 aliphatic carbocycles. The van der Waals surface area contributed by atoms with Gasteiger partial charge in [0.25, 0.3) is 0 Å². The van der Waals surface area contributed by atoms with Crippen molar-refractivity contribution in [2.75, 3.05) is 11.5 Å². The minimum atomic E-state index is -2.91. The van der Waals surface area contributed by atoms with Crippen molar-refractivity contribution >= 4 is 9.84 Å². The molecule has 0 aromatic heterocycles. The molecule has 4 heteroatoms. The number of hydrogen-bond donors (Lipinski definition) is 1. The van der Waals surface area contributed by atoms with Crippen LogP contribution >= 0.6 is 0 Å². The van der Waals surface area contributed by atoms with Gasteiger partial charge in [0.2, 0.25) is 0 Å². The van der Waals surface area contributed by atoms with Crippen molar-refractivity contribution in [1.82, 2.24) is 5.32 Å². The average Bonchev–Trinajstić information content (AvgIpc) is 2.27. The Bertz CT molecular complexity index is 479. The summed E-state index contributed by atoms with van der Waals surface area (Å²) in [6, 6.07) is 8.11. The molecule has 1 aliphatic heterocycles. The number of rotatable bonds is 2. The zero-order valence-electron chi connectivity index (χ0n) is 10.3. The van der Waals surface area contributed by atoms with E-state index in [-0.39, 0.29) is 23.6 Å². The van der Waals surface area contributed by atoms with Crippen LogP contribution in [0.5, 0.6) is 0 Å². The van der Waals surface area contributed by atoms with E-state index in [1.807, 2.05) is 38.1 Å². The minimum absolute atomic E-state index is 0.0562. The van der Waals surface area contributed by atoms with Crippen LogP contribution in [0, 0.1) is 6.92 Å². The van der Waals surface area contributed by atoms with Crippen molar-refractivity contribution in [2.45, 2.75) is 32.4 Å². The summed E-state index contributed by atoms with van der Waals surface area (Å²) in [7, 11) is -2.91. The van der Waals surface area contributed by atoms with Crippen LogP contribution in [0.4, 0.5) is 0 Å². The summed E-state index contributed by atoms with van der Waals surface area (Å²) >= 11 is 0. The standard InChI is InChI=1S/C13H19NO2S/c1-3-12-8-17(15,16)9-13(14-12)11-6-4-10(2)5-7-11/h4-7,12-14H,3,8-9H2,1-2H3. The summed E-state index contributed by atoms with van der Waals surface area (Å²) in [5, 5.41) is 3.42. The molecular weight excluding hydrogens is 234 g/mol. The summed E-state index contributed by atoms with van der Waals surface area (Å²) in [4.78, 5) is 0. The Morgan fingerprint density at radius 3 is 2.47 bits per heavy atom. The van der Waals surface area contributed by atoms with Gasteiger partial charge in [0.15, 0.2) is 9.84 Å². The molecule has 0 bridgehead atoms. The van der Waals surface area contributed by atoms with E-state index in [0.717, 1.165) is 12.0 Å². The van der Waals surface area contributed by atoms with Crippen LogP contribution in [0.3, 0.4) is 0 Å². The maximum atomic E-state index is 11.8. The van der Waals surface area contributed by atoms with Crippen molar-refractivity contribution in [3.63, 3.8) is 0 Å². The fourth-order valence-corrected chi connectivity index (χ4v) is 4.11. The summed E-state index contributed by atoms with van der Waals surface area (Å²) in [5.41, 5.74) is 2.26. The van der Waals surface area contributed by atoms with Gasteiger partial charge in [0.05, 0.1) is 11.5 Å². The molecule has 1 fully saturated rings. The number of nitrogens with one attached hydrogen (secondary N) is 1. The van der Waals surface area contributed by atoms with Crippen molar-refractivity contribution in [3.05, 3.63) is 35.4 Å². The molecule has 17 heavy (non-hydrogen) atoms. The fourth-order valence-electron chi connectivity index (χ4n) is 2.24. The van der Waals surface area contributed by atoms with Gasteiger partial charge in [-0.25, -0.2) is 8.42 Å². The molecule has 1 aromatic rings. The number of aryl methyl sites for hydroxylation is 1. The molecule has 3 nitrogen and oxygen atoms in total. The molecule has 0 radical (unpaired) electrons. The van der Waals surface area contributed by atoms with Crippen LogP contribution in [-0.2, 0) is 9.84 Å². The van der Waals surface area contributed by atoms with E-state index >= 15 is 0 Å². The lowest BCUT2D eigenvalue weighted by atomic mass is 10.0. The molecule has 0 amide bonds. The van der Waals surface area contributed by atoms with Crippen molar-refractivity contribution in [2.24, 2.45) is 0 Å². The molecule has 0 spiro atoms. The monoisotopic (exact) mass is 253 g/mol. The van der Waals surface area contributed by atoms with Crippen LogP contribution in [0.2, 0.25) is 0 Å². The van der Waals surface area contributed by atoms with E-state index < -0.39 is 9.84 Å². The molecule has 1 heterocycles. The number of hydrogen-bond acceptors (Lipinski definition) is 3. The third kappa shape index (κ3) is 3.07. The third-order valence-electron chi connectivity index (χ3n) is 3.29. The second-order valence-electron chi connectivity index (χ2n) is 4.81. The van der Waals surface area contributed by atoms with E-state index in [0.29, 0.717) is 0 Å². The van der Waals surface area contributed by atoms with Crippen LogP contribution in [0.15, 0.2) is 24.3 Å². The largest absolute Gasteiger partial charge is 0.305 e. The first kappa shape index (κ1) is 12.6. The summed E-state index contributed by atoms with van der Waals surface area (Å²) < 4.78 is 23.7. The lowest BCUT2D eigenvalue weighted by Crippen LogP contribution is -2.46. The van der Waals surface area contributed by atoms with Crippen molar-refractivity contribution in [1.29, 1.82) is 0 Å². The third-order valence-corrected chi connectivity index (χ3v) is 5.04. The van der Waals surface area contributed by atoms with Gasteiger partial charge in [-0.1, -0.05) is 36.8 Å². The molecular formula is C13H19NO2S. The molecule has 1 N–H and O–H groups in total. The Morgan fingerprint density at radius 2 is 1.88 bits per heavy atom. The predicted octanol–water partition coefficient (Wildman–Crippen LogP) is 1.83. The normalized spacial score (nSPS) is 27.9. The van der Waals surface area contributed by atoms with E-state index in [1.54, 1.807) is 0 Å². The zero-order chi connectivity index (χ0) is 12.5. The molecule has 94 valence electrons. The Labute approximate surface area is 103 Å². The molecule has 1 saturated heterocycles. The number of sulfone groups is 1. The highest BCUT2D eigenvalue weighted by Gasteiger charge is 2.30. The van der Waals surface area contributed by atoms with E-state index in [1.165, 1.54) is 5.56 Å². The van der Waals surface area contributed by atoms with Crippen LogP contribution in [0.1, 0.15) is 30.5 Å². The predicted molar refractivity (Wildman–Crippen MR) is 69.8 cm³/mol. The maximum absolute atomic E-state index is 11.8. The smallest absolute Gasteiger partial charge is 0.153 e. The average molecular weight is 253 g/mol. The van der Waals surface area contributed by atoms with Crippen LogP contribution in [0.25, 0.3) is 0 Å². The van der Waals surface area contributed by atoms with Gasteiger partial charge >= 0.3 is 0 Å². The quantitative estimate of drug-likeness (QED) is 0.874. The number of benzene rings is 1. The summed E-state index contributed by atoms with van der Waals surface area (Å²) in [6.07, 6.45) is 0.849. The van der Waals surface area contributed by atoms with E-state index in [2.05, 4.69) is 5.32 Å². The first-order valence-corrected chi connectivity index (χ1v) is 7.85. The SMILES string of the molecule is CCC1CS(=O)(=O)CC(c2ccc(C)cc2)N1. The van der Waals surface area contributed by atoms with Crippen LogP contribution in [-0.4, -0.2) is 26.0 Å². The first-order chi connectivity index (χ1) is 8.00. The fraction of sp³-hybridized carbons (Fsp3) is 0.538. The second kappa shape index (κ2) is 4.78. The van der Waals surface area contributed by atoms with Gasteiger partial charge in [-0.2, -0.15) is 0 Å². The first-order valence-electron chi connectivity index (χ1n) is 6.03. The van der Waals surface area contributed by atoms with Crippen LogP contribution < -0.4 is 5.32 Å². The van der Waals surface area contributed by atoms with E-state index in [4.69, 9.17) is 0 Å². The second-order valence-corrected chi connectivity index (χ2v) is 6.97. The highest BCUT2D eigenvalue weighted by atomic mass is 32.2. The molecule has 0 saturated carbocycles. The van der Waals surface area contributed by atoms with Gasteiger partial charge < -0.3 is 5.32 Å². The maximum Gasteiger partial charge on any atom is 0.153 e. The lowest BCUT2D eigenvalue weighted by Gasteiger charge is -2.30. The topological polar surface area (TPSA) is 46.2 Å². The zero-order valence-corrected chi connectivity index (χ0v) is 11.1. The van der Waals surface area contributed by atoms with Crippen molar-refractivity contribution < 1.29 is 8.42 Å².